The van der Waals surface area contributed by atoms with Gasteiger partial charge in [-0.3, -0.25) is 4.79 Å². The molecule has 0 atom stereocenters. The summed E-state index contributed by atoms with van der Waals surface area (Å²) in [6.45, 7) is 0. The summed E-state index contributed by atoms with van der Waals surface area (Å²) < 4.78 is 14.4. The molecule has 0 radical (unpaired) electrons. The quantitative estimate of drug-likeness (QED) is 0.604. The average Bonchev–Trinajstić information content (AvgIpc) is 2.12. The van der Waals surface area contributed by atoms with Crippen LogP contribution < -0.4 is 5.56 Å². The SMILES string of the molecule is Cn1cnc2c(F)cccc2c1=O. The molecule has 66 valence electrons. The first-order valence-electron chi connectivity index (χ1n) is 3.80. The van der Waals surface area contributed by atoms with E-state index in [1.807, 2.05) is 0 Å². The molecule has 13 heavy (non-hydrogen) atoms. The molecule has 2 rings (SSSR count). The number of nitrogens with zero attached hydrogens (tertiary/aromatic N) is 2. The molecule has 1 aromatic carbocycles. The van der Waals surface area contributed by atoms with Crippen LogP contribution in [0, 0.1) is 5.82 Å². The van der Waals surface area contributed by atoms with Crippen molar-refractivity contribution in [2.45, 2.75) is 0 Å². The van der Waals surface area contributed by atoms with Crippen LogP contribution in [0.2, 0.25) is 0 Å². The largest absolute Gasteiger partial charge is 0.302 e. The fourth-order valence-electron chi connectivity index (χ4n) is 1.21. The van der Waals surface area contributed by atoms with E-state index in [1.54, 1.807) is 13.1 Å². The molecule has 0 saturated heterocycles. The van der Waals surface area contributed by atoms with E-state index >= 15 is 0 Å². The van der Waals surface area contributed by atoms with E-state index in [1.165, 1.54) is 23.0 Å². The number of para-hydroxylation sites is 1. The van der Waals surface area contributed by atoms with Gasteiger partial charge >= 0.3 is 0 Å². The maximum Gasteiger partial charge on any atom is 0.261 e. The molecule has 0 fully saturated rings. The fraction of sp³-hybridized carbons (Fsp3) is 0.111. The molecule has 0 saturated carbocycles. The number of fused-ring (bicyclic) bond motifs is 1. The van der Waals surface area contributed by atoms with Crippen molar-refractivity contribution in [1.82, 2.24) is 9.55 Å². The van der Waals surface area contributed by atoms with Crippen LogP contribution in [-0.2, 0) is 7.05 Å². The smallest absolute Gasteiger partial charge is 0.261 e. The molecule has 0 unspecified atom stereocenters. The summed E-state index contributed by atoms with van der Waals surface area (Å²) in [6.07, 6.45) is 1.31. The first kappa shape index (κ1) is 7.91. The van der Waals surface area contributed by atoms with Crippen molar-refractivity contribution in [3.63, 3.8) is 0 Å². The Balaban J connectivity index is 3.03. The van der Waals surface area contributed by atoms with Gasteiger partial charge in [-0.1, -0.05) is 6.07 Å². The molecular weight excluding hydrogens is 171 g/mol. The number of hydrogen-bond donors (Lipinski definition) is 0. The van der Waals surface area contributed by atoms with Gasteiger partial charge in [-0.2, -0.15) is 0 Å². The molecule has 0 N–H and O–H groups in total. The molecule has 0 aliphatic rings. The van der Waals surface area contributed by atoms with E-state index in [9.17, 15) is 9.18 Å². The van der Waals surface area contributed by atoms with E-state index in [4.69, 9.17) is 0 Å². The third-order valence-corrected chi connectivity index (χ3v) is 1.90. The lowest BCUT2D eigenvalue weighted by molar-refractivity contribution is 0.635. The highest BCUT2D eigenvalue weighted by atomic mass is 19.1. The van der Waals surface area contributed by atoms with Crippen molar-refractivity contribution < 1.29 is 4.39 Å². The molecule has 1 aromatic heterocycles. The van der Waals surface area contributed by atoms with Gasteiger partial charge in [-0.15, -0.1) is 0 Å². The van der Waals surface area contributed by atoms with Gasteiger partial charge in [0.05, 0.1) is 11.7 Å². The van der Waals surface area contributed by atoms with Crippen LogP contribution in [0.25, 0.3) is 10.9 Å². The molecule has 0 amide bonds. The Morgan fingerprint density at radius 1 is 1.46 bits per heavy atom. The van der Waals surface area contributed by atoms with Crippen LogP contribution in [0.5, 0.6) is 0 Å². The zero-order valence-corrected chi connectivity index (χ0v) is 6.99. The van der Waals surface area contributed by atoms with Crippen molar-refractivity contribution in [2.75, 3.05) is 0 Å². The van der Waals surface area contributed by atoms with E-state index in [0.717, 1.165) is 0 Å². The lowest BCUT2D eigenvalue weighted by atomic mass is 10.2. The molecule has 0 bridgehead atoms. The molecule has 2 aromatic rings. The molecule has 0 spiro atoms. The molecule has 1 heterocycles. The van der Waals surface area contributed by atoms with Crippen LogP contribution in [0.15, 0.2) is 29.3 Å². The van der Waals surface area contributed by atoms with Crippen LogP contribution in [0.1, 0.15) is 0 Å². The Morgan fingerprint density at radius 3 is 3.00 bits per heavy atom. The highest BCUT2D eigenvalue weighted by Gasteiger charge is 2.04. The van der Waals surface area contributed by atoms with Crippen molar-refractivity contribution >= 4 is 10.9 Å². The Bertz CT molecular complexity index is 518. The summed E-state index contributed by atoms with van der Waals surface area (Å²) in [5.41, 5.74) is -0.102. The van der Waals surface area contributed by atoms with Crippen molar-refractivity contribution in [3.05, 3.63) is 40.7 Å². The third kappa shape index (κ3) is 1.11. The monoisotopic (exact) mass is 178 g/mol. The van der Waals surface area contributed by atoms with Gasteiger partial charge in [-0.25, -0.2) is 9.37 Å². The summed E-state index contributed by atoms with van der Waals surface area (Å²) in [7, 11) is 1.58. The topological polar surface area (TPSA) is 34.9 Å². The Kier molecular flexibility index (Phi) is 1.62. The van der Waals surface area contributed by atoms with Crippen LogP contribution >= 0.6 is 0 Å². The minimum Gasteiger partial charge on any atom is -0.302 e. The zero-order valence-electron chi connectivity index (χ0n) is 6.99. The summed E-state index contributed by atoms with van der Waals surface area (Å²) in [5.74, 6) is -0.463. The van der Waals surface area contributed by atoms with Gasteiger partial charge in [0.25, 0.3) is 5.56 Å². The second-order valence-corrected chi connectivity index (χ2v) is 2.80. The standard InChI is InChI=1S/C9H7FN2O/c1-12-5-11-8-6(9(12)13)3-2-4-7(8)10/h2-5H,1H3. The Hall–Kier alpha value is -1.71. The third-order valence-electron chi connectivity index (χ3n) is 1.90. The summed E-state index contributed by atoms with van der Waals surface area (Å²) >= 11 is 0. The number of hydrogen-bond acceptors (Lipinski definition) is 2. The van der Waals surface area contributed by atoms with Gasteiger partial charge < -0.3 is 4.57 Å². The van der Waals surface area contributed by atoms with Gasteiger partial charge in [0.15, 0.2) is 0 Å². The van der Waals surface area contributed by atoms with Gasteiger partial charge in [0.1, 0.15) is 11.3 Å². The summed E-state index contributed by atoms with van der Waals surface area (Å²) in [6, 6.07) is 4.35. The predicted octanol–water partition coefficient (Wildman–Crippen LogP) is 1.07. The van der Waals surface area contributed by atoms with E-state index < -0.39 is 5.82 Å². The fourth-order valence-corrected chi connectivity index (χ4v) is 1.21. The maximum absolute atomic E-state index is 13.1. The van der Waals surface area contributed by atoms with Gasteiger partial charge in [-0.05, 0) is 12.1 Å². The van der Waals surface area contributed by atoms with E-state index in [2.05, 4.69) is 4.98 Å². The normalized spacial score (nSPS) is 10.6. The summed E-state index contributed by atoms with van der Waals surface area (Å²) in [4.78, 5) is 15.3. The minimum absolute atomic E-state index is 0.130. The predicted molar refractivity (Wildman–Crippen MR) is 46.9 cm³/mol. The molecule has 4 heteroatoms. The minimum atomic E-state index is -0.463. The second-order valence-electron chi connectivity index (χ2n) is 2.80. The number of aromatic nitrogens is 2. The highest BCUT2D eigenvalue weighted by molar-refractivity contribution is 5.77. The van der Waals surface area contributed by atoms with Crippen LogP contribution in [0.4, 0.5) is 4.39 Å². The molecular formula is C9H7FN2O. The van der Waals surface area contributed by atoms with E-state index in [-0.39, 0.29) is 11.1 Å². The zero-order chi connectivity index (χ0) is 9.42. The molecule has 3 nitrogen and oxygen atoms in total. The highest BCUT2D eigenvalue weighted by Crippen LogP contribution is 2.09. The lowest BCUT2D eigenvalue weighted by Crippen LogP contribution is -2.17. The Morgan fingerprint density at radius 2 is 2.23 bits per heavy atom. The number of aryl methyl sites for hydroxylation is 1. The number of benzene rings is 1. The maximum atomic E-state index is 13.1. The molecule has 0 aliphatic carbocycles. The summed E-state index contributed by atoms with van der Waals surface area (Å²) in [5, 5.41) is 0.310. The number of rotatable bonds is 0. The van der Waals surface area contributed by atoms with Crippen LogP contribution in [-0.4, -0.2) is 9.55 Å². The first-order valence-corrected chi connectivity index (χ1v) is 3.80. The lowest BCUT2D eigenvalue weighted by Gasteiger charge is -1.99. The first-order chi connectivity index (χ1) is 6.20. The van der Waals surface area contributed by atoms with Gasteiger partial charge in [0, 0.05) is 7.05 Å². The van der Waals surface area contributed by atoms with Crippen molar-refractivity contribution in [1.29, 1.82) is 0 Å². The number of halogens is 1. The Labute approximate surface area is 73.5 Å². The van der Waals surface area contributed by atoms with Gasteiger partial charge in [0.2, 0.25) is 0 Å². The van der Waals surface area contributed by atoms with Crippen LogP contribution in [0.3, 0.4) is 0 Å². The second kappa shape index (κ2) is 2.65. The van der Waals surface area contributed by atoms with Crippen molar-refractivity contribution in [3.8, 4) is 0 Å². The average molecular weight is 178 g/mol. The van der Waals surface area contributed by atoms with Crippen molar-refractivity contribution in [2.24, 2.45) is 7.05 Å². The molecule has 0 aliphatic heterocycles. The van der Waals surface area contributed by atoms with E-state index in [0.29, 0.717) is 5.39 Å².